The smallest absolute Gasteiger partial charge is 0.306 e. The fourth-order valence-corrected chi connectivity index (χ4v) is 2.98. The van der Waals surface area contributed by atoms with Gasteiger partial charge in [0.15, 0.2) is 0 Å². The Morgan fingerprint density at radius 3 is 2.47 bits per heavy atom. The van der Waals surface area contributed by atoms with Crippen LogP contribution in [0.3, 0.4) is 0 Å². The summed E-state index contributed by atoms with van der Waals surface area (Å²) >= 11 is 0. The number of hydrogen-bond acceptors (Lipinski definition) is 4. The summed E-state index contributed by atoms with van der Waals surface area (Å²) in [5.74, 6) is -0.589. The molecule has 2 N–H and O–H groups in total. The molecule has 1 saturated heterocycles. The van der Waals surface area contributed by atoms with Crippen LogP contribution in [-0.4, -0.2) is 63.8 Å². The van der Waals surface area contributed by atoms with E-state index in [0.29, 0.717) is 31.7 Å². The van der Waals surface area contributed by atoms with Crippen LogP contribution < -0.4 is 5.32 Å². The van der Waals surface area contributed by atoms with E-state index in [1.807, 2.05) is 6.92 Å². The molecule has 110 valence electrons. The van der Waals surface area contributed by atoms with Crippen LogP contribution in [0.15, 0.2) is 0 Å². The van der Waals surface area contributed by atoms with Gasteiger partial charge < -0.3 is 15.3 Å². The molecule has 0 saturated carbocycles. The lowest BCUT2D eigenvalue weighted by Gasteiger charge is -2.30. The largest absolute Gasteiger partial charge is 0.481 e. The SMILES string of the molecule is CC(CS(C)=O)NCC(=O)N1CCC(C(=O)O)CC1. The average Bonchev–Trinajstić information content (AvgIpc) is 2.35. The summed E-state index contributed by atoms with van der Waals surface area (Å²) in [6.45, 7) is 3.12. The van der Waals surface area contributed by atoms with E-state index in [-0.39, 0.29) is 24.4 Å². The third-order valence-electron chi connectivity index (χ3n) is 3.28. The Morgan fingerprint density at radius 1 is 1.42 bits per heavy atom. The Kier molecular flexibility index (Phi) is 6.44. The first-order valence-electron chi connectivity index (χ1n) is 6.44. The lowest BCUT2D eigenvalue weighted by atomic mass is 9.97. The van der Waals surface area contributed by atoms with Crippen molar-refractivity contribution in [2.75, 3.05) is 31.6 Å². The Balaban J connectivity index is 2.28. The van der Waals surface area contributed by atoms with Gasteiger partial charge in [-0.15, -0.1) is 0 Å². The molecule has 6 nitrogen and oxygen atoms in total. The lowest BCUT2D eigenvalue weighted by molar-refractivity contribution is -0.145. The van der Waals surface area contributed by atoms with E-state index in [4.69, 9.17) is 5.11 Å². The average molecular weight is 290 g/mol. The third kappa shape index (κ3) is 5.69. The van der Waals surface area contributed by atoms with E-state index in [1.54, 1.807) is 11.2 Å². The quantitative estimate of drug-likeness (QED) is 0.699. The molecular formula is C12H22N2O4S. The standard InChI is InChI=1S/C12H22N2O4S/c1-9(8-19(2)18)13-7-11(15)14-5-3-10(4-6-14)12(16)17/h9-10,13H,3-8H2,1-2H3,(H,16,17). The summed E-state index contributed by atoms with van der Waals surface area (Å²) in [6, 6.07) is 0.0336. The predicted molar refractivity (Wildman–Crippen MR) is 73.3 cm³/mol. The first-order valence-corrected chi connectivity index (χ1v) is 8.17. The van der Waals surface area contributed by atoms with E-state index in [1.165, 1.54) is 0 Å². The molecule has 0 aromatic carbocycles. The molecule has 0 aliphatic carbocycles. The maximum atomic E-state index is 11.9. The molecular weight excluding hydrogens is 268 g/mol. The highest BCUT2D eigenvalue weighted by molar-refractivity contribution is 7.84. The number of nitrogens with one attached hydrogen (secondary N) is 1. The van der Waals surface area contributed by atoms with Crippen LogP contribution in [0, 0.1) is 5.92 Å². The molecule has 19 heavy (non-hydrogen) atoms. The summed E-state index contributed by atoms with van der Waals surface area (Å²) in [5, 5.41) is 11.9. The second-order valence-corrected chi connectivity index (χ2v) is 6.49. The second-order valence-electron chi connectivity index (χ2n) is 5.02. The van der Waals surface area contributed by atoms with Gasteiger partial charge in [0.25, 0.3) is 0 Å². The van der Waals surface area contributed by atoms with Crippen molar-refractivity contribution < 1.29 is 18.9 Å². The van der Waals surface area contributed by atoms with E-state index in [9.17, 15) is 13.8 Å². The van der Waals surface area contributed by atoms with Crippen molar-refractivity contribution >= 4 is 22.7 Å². The summed E-state index contributed by atoms with van der Waals surface area (Å²) in [5.41, 5.74) is 0. The number of carboxylic acids is 1. The van der Waals surface area contributed by atoms with E-state index < -0.39 is 16.8 Å². The molecule has 2 atom stereocenters. The van der Waals surface area contributed by atoms with Crippen molar-refractivity contribution in [1.82, 2.24) is 10.2 Å². The molecule has 0 aromatic rings. The van der Waals surface area contributed by atoms with Gasteiger partial charge in [0.1, 0.15) is 0 Å². The lowest BCUT2D eigenvalue weighted by Crippen LogP contribution is -2.46. The number of rotatable bonds is 6. The third-order valence-corrected chi connectivity index (χ3v) is 4.25. The summed E-state index contributed by atoms with van der Waals surface area (Å²) < 4.78 is 11.0. The number of piperidine rings is 1. The van der Waals surface area contributed by atoms with Gasteiger partial charge in [0, 0.05) is 41.9 Å². The first-order chi connectivity index (χ1) is 8.90. The number of aliphatic carboxylic acids is 1. The van der Waals surface area contributed by atoms with Crippen molar-refractivity contribution in [3.05, 3.63) is 0 Å². The molecule has 1 aliphatic heterocycles. The molecule has 0 aromatic heterocycles. The van der Waals surface area contributed by atoms with Crippen molar-refractivity contribution in [2.45, 2.75) is 25.8 Å². The van der Waals surface area contributed by atoms with Crippen LogP contribution in [0.2, 0.25) is 0 Å². The number of amides is 1. The maximum absolute atomic E-state index is 11.9. The van der Waals surface area contributed by atoms with Crippen LogP contribution in [0.1, 0.15) is 19.8 Å². The summed E-state index contributed by atoms with van der Waals surface area (Å²) in [7, 11) is -0.878. The fraction of sp³-hybridized carbons (Fsp3) is 0.833. The van der Waals surface area contributed by atoms with E-state index in [2.05, 4.69) is 5.32 Å². The normalized spacial score (nSPS) is 20.0. The minimum atomic E-state index is -0.878. The number of hydrogen-bond donors (Lipinski definition) is 2. The Labute approximate surface area is 116 Å². The summed E-state index contributed by atoms with van der Waals surface area (Å²) in [4.78, 5) is 24.4. The van der Waals surface area contributed by atoms with Gasteiger partial charge in [0.2, 0.25) is 5.91 Å². The Bertz CT molecular complexity index is 354. The van der Waals surface area contributed by atoms with Gasteiger partial charge in [-0.1, -0.05) is 0 Å². The van der Waals surface area contributed by atoms with Crippen LogP contribution >= 0.6 is 0 Å². The summed E-state index contributed by atoms with van der Waals surface area (Å²) in [6.07, 6.45) is 2.68. The number of likely N-dealkylation sites (tertiary alicyclic amines) is 1. The highest BCUT2D eigenvalue weighted by Crippen LogP contribution is 2.17. The monoisotopic (exact) mass is 290 g/mol. The van der Waals surface area contributed by atoms with Crippen LogP contribution in [0.5, 0.6) is 0 Å². The van der Waals surface area contributed by atoms with Gasteiger partial charge in [-0.3, -0.25) is 13.8 Å². The maximum Gasteiger partial charge on any atom is 0.306 e. The van der Waals surface area contributed by atoms with Crippen LogP contribution in [0.25, 0.3) is 0 Å². The highest BCUT2D eigenvalue weighted by Gasteiger charge is 2.26. The van der Waals surface area contributed by atoms with Crippen LogP contribution in [-0.2, 0) is 20.4 Å². The zero-order valence-electron chi connectivity index (χ0n) is 11.4. The molecule has 1 heterocycles. The van der Waals surface area contributed by atoms with Crippen molar-refractivity contribution in [3.63, 3.8) is 0 Å². The molecule has 0 radical (unpaired) electrons. The molecule has 0 bridgehead atoms. The molecule has 2 unspecified atom stereocenters. The first kappa shape index (κ1) is 16.1. The zero-order valence-corrected chi connectivity index (χ0v) is 12.2. The van der Waals surface area contributed by atoms with E-state index >= 15 is 0 Å². The molecule has 1 fully saturated rings. The highest BCUT2D eigenvalue weighted by atomic mass is 32.2. The molecule has 1 aliphatic rings. The molecule has 0 spiro atoms. The van der Waals surface area contributed by atoms with E-state index in [0.717, 1.165) is 0 Å². The van der Waals surface area contributed by atoms with Crippen molar-refractivity contribution in [2.24, 2.45) is 5.92 Å². The molecule has 1 rings (SSSR count). The van der Waals surface area contributed by atoms with Crippen molar-refractivity contribution in [3.8, 4) is 0 Å². The Morgan fingerprint density at radius 2 is 2.00 bits per heavy atom. The van der Waals surface area contributed by atoms with Gasteiger partial charge >= 0.3 is 5.97 Å². The Hall–Kier alpha value is -0.950. The van der Waals surface area contributed by atoms with Gasteiger partial charge in [-0.2, -0.15) is 0 Å². The van der Waals surface area contributed by atoms with Gasteiger partial charge in [0.05, 0.1) is 12.5 Å². The van der Waals surface area contributed by atoms with Gasteiger partial charge in [-0.05, 0) is 19.8 Å². The predicted octanol–water partition coefficient (Wildman–Crippen LogP) is -0.334. The fourth-order valence-electron chi connectivity index (χ4n) is 2.16. The van der Waals surface area contributed by atoms with Gasteiger partial charge in [-0.25, -0.2) is 0 Å². The number of nitrogens with zero attached hydrogens (tertiary/aromatic N) is 1. The topological polar surface area (TPSA) is 86.7 Å². The number of carbonyl (C=O) groups excluding carboxylic acids is 1. The minimum absolute atomic E-state index is 0.0161. The van der Waals surface area contributed by atoms with Crippen molar-refractivity contribution in [1.29, 1.82) is 0 Å². The molecule has 1 amide bonds. The number of carboxylic acid groups (broad SMARTS) is 1. The second kappa shape index (κ2) is 7.59. The van der Waals surface area contributed by atoms with Crippen LogP contribution in [0.4, 0.5) is 0 Å². The number of carbonyl (C=O) groups is 2. The zero-order chi connectivity index (χ0) is 14.4. The minimum Gasteiger partial charge on any atom is -0.481 e. The molecule has 7 heteroatoms.